The summed E-state index contributed by atoms with van der Waals surface area (Å²) >= 11 is 0. The van der Waals surface area contributed by atoms with Crippen LogP contribution in [0.15, 0.2) is 30.3 Å². The second kappa shape index (κ2) is 7.02. The summed E-state index contributed by atoms with van der Waals surface area (Å²) in [5.41, 5.74) is 7.76. The van der Waals surface area contributed by atoms with Gasteiger partial charge in [0.15, 0.2) is 0 Å². The Hall–Kier alpha value is -2.43. The Bertz CT molecular complexity index is 652. The molecule has 0 bridgehead atoms. The van der Waals surface area contributed by atoms with Gasteiger partial charge in [0.05, 0.1) is 0 Å². The molecule has 0 spiro atoms. The first-order valence-corrected chi connectivity index (χ1v) is 7.47. The summed E-state index contributed by atoms with van der Waals surface area (Å²) in [6.45, 7) is 6.86. The van der Waals surface area contributed by atoms with E-state index in [0.717, 1.165) is 29.3 Å². The van der Waals surface area contributed by atoms with E-state index in [0.29, 0.717) is 18.0 Å². The highest BCUT2D eigenvalue weighted by atomic mass is 16.1. The van der Waals surface area contributed by atoms with Gasteiger partial charge in [-0.05, 0) is 31.0 Å². The van der Waals surface area contributed by atoms with Crippen molar-refractivity contribution in [3.8, 4) is 0 Å². The van der Waals surface area contributed by atoms with Crippen LogP contribution in [-0.2, 0) is 6.54 Å². The van der Waals surface area contributed by atoms with E-state index in [1.165, 1.54) is 0 Å². The van der Waals surface area contributed by atoms with Crippen LogP contribution in [0.1, 0.15) is 53.6 Å². The van der Waals surface area contributed by atoms with Crippen LogP contribution in [0.25, 0.3) is 0 Å². The first-order chi connectivity index (χ1) is 10.5. The molecule has 0 aliphatic carbocycles. The molecule has 2 aromatic rings. The topological polar surface area (TPSA) is 80.9 Å². The van der Waals surface area contributed by atoms with Crippen LogP contribution in [0.3, 0.4) is 0 Å². The van der Waals surface area contributed by atoms with Crippen molar-refractivity contribution in [2.24, 2.45) is 5.73 Å². The number of rotatable bonds is 6. The van der Waals surface area contributed by atoms with Gasteiger partial charge in [0, 0.05) is 29.8 Å². The number of aryl methyl sites for hydroxylation is 1. The van der Waals surface area contributed by atoms with E-state index in [-0.39, 0.29) is 0 Å². The number of benzene rings is 1. The molecule has 1 unspecified atom stereocenters. The molecule has 1 amide bonds. The number of aromatic nitrogens is 2. The van der Waals surface area contributed by atoms with Gasteiger partial charge in [0.25, 0.3) is 0 Å². The van der Waals surface area contributed by atoms with Crippen molar-refractivity contribution in [3.05, 3.63) is 53.0 Å². The Kier molecular flexibility index (Phi) is 5.09. The lowest BCUT2D eigenvalue weighted by atomic mass is 10.1. The lowest BCUT2D eigenvalue weighted by Gasteiger charge is -2.12. The number of nitrogens with one attached hydrogen (secondary N) is 1. The number of nitrogens with two attached hydrogens (primary N) is 1. The van der Waals surface area contributed by atoms with E-state index in [1.807, 2.05) is 25.1 Å². The van der Waals surface area contributed by atoms with E-state index in [2.05, 4.69) is 29.1 Å². The Morgan fingerprint density at radius 2 is 1.95 bits per heavy atom. The molecule has 0 saturated carbocycles. The maximum absolute atomic E-state index is 11.0. The second-order valence-electron chi connectivity index (χ2n) is 5.48. The Balaban J connectivity index is 2.07. The average molecular weight is 298 g/mol. The van der Waals surface area contributed by atoms with Gasteiger partial charge in [-0.1, -0.05) is 26.0 Å². The normalized spacial score (nSPS) is 12.0. The average Bonchev–Trinajstić information content (AvgIpc) is 2.52. The number of hydrogen-bond donors (Lipinski definition) is 2. The van der Waals surface area contributed by atoms with Crippen molar-refractivity contribution < 1.29 is 4.79 Å². The zero-order valence-corrected chi connectivity index (χ0v) is 13.3. The molecule has 0 radical (unpaired) electrons. The van der Waals surface area contributed by atoms with E-state index in [9.17, 15) is 4.79 Å². The molecule has 5 nitrogen and oxygen atoms in total. The van der Waals surface area contributed by atoms with Gasteiger partial charge in [-0.3, -0.25) is 4.79 Å². The highest BCUT2D eigenvalue weighted by Crippen LogP contribution is 2.17. The maximum Gasteiger partial charge on any atom is 0.248 e. The highest BCUT2D eigenvalue weighted by molar-refractivity contribution is 5.92. The van der Waals surface area contributed by atoms with Crippen LogP contribution in [-0.4, -0.2) is 15.9 Å². The molecule has 1 aromatic heterocycles. The molecule has 22 heavy (non-hydrogen) atoms. The minimum absolute atomic E-state index is 0.343. The number of hydrogen-bond acceptors (Lipinski definition) is 4. The lowest BCUT2D eigenvalue weighted by molar-refractivity contribution is 0.100. The first kappa shape index (κ1) is 15.9. The number of nitrogens with zero attached hydrogens (tertiary/aromatic N) is 2. The quantitative estimate of drug-likeness (QED) is 0.859. The Labute approximate surface area is 131 Å². The maximum atomic E-state index is 11.0. The molecule has 1 aromatic carbocycles. The summed E-state index contributed by atoms with van der Waals surface area (Å²) in [5, 5.41) is 3.30. The summed E-state index contributed by atoms with van der Waals surface area (Å²) in [5.74, 6) is 1.62. The molecule has 3 N–H and O–H groups in total. The summed E-state index contributed by atoms with van der Waals surface area (Å²) in [6.07, 6.45) is 1.01. The van der Waals surface area contributed by atoms with E-state index < -0.39 is 5.91 Å². The molecule has 2 rings (SSSR count). The molecule has 5 heteroatoms. The smallest absolute Gasteiger partial charge is 0.248 e. The molecule has 116 valence electrons. The van der Waals surface area contributed by atoms with E-state index in [1.54, 1.807) is 12.1 Å². The van der Waals surface area contributed by atoms with Crippen LogP contribution in [0.5, 0.6) is 0 Å². The number of anilines is 1. The SMILES string of the molecule is CCC(C)c1nc(C)cc(NCc2ccc(C(N)=O)cc2)n1. The predicted molar refractivity (Wildman–Crippen MR) is 87.8 cm³/mol. The highest BCUT2D eigenvalue weighted by Gasteiger charge is 2.09. The first-order valence-electron chi connectivity index (χ1n) is 7.47. The van der Waals surface area contributed by atoms with Crippen LogP contribution >= 0.6 is 0 Å². The summed E-state index contributed by atoms with van der Waals surface area (Å²) < 4.78 is 0. The van der Waals surface area contributed by atoms with Gasteiger partial charge in [-0.15, -0.1) is 0 Å². The van der Waals surface area contributed by atoms with Crippen LogP contribution < -0.4 is 11.1 Å². The van der Waals surface area contributed by atoms with Gasteiger partial charge in [-0.2, -0.15) is 0 Å². The molecule has 0 aliphatic rings. The number of carbonyl (C=O) groups is 1. The van der Waals surface area contributed by atoms with Crippen molar-refractivity contribution in [1.29, 1.82) is 0 Å². The van der Waals surface area contributed by atoms with Crippen LogP contribution in [0.2, 0.25) is 0 Å². The van der Waals surface area contributed by atoms with Gasteiger partial charge in [0.1, 0.15) is 11.6 Å². The molecular formula is C17H22N4O. The fraction of sp³-hybridized carbons (Fsp3) is 0.353. The predicted octanol–water partition coefficient (Wildman–Crippen LogP) is 3.01. The minimum atomic E-state index is -0.413. The largest absolute Gasteiger partial charge is 0.366 e. The lowest BCUT2D eigenvalue weighted by Crippen LogP contribution is -2.11. The van der Waals surface area contributed by atoms with Crippen LogP contribution in [0, 0.1) is 6.92 Å². The monoisotopic (exact) mass is 298 g/mol. The van der Waals surface area contributed by atoms with E-state index >= 15 is 0 Å². The molecular weight excluding hydrogens is 276 g/mol. The summed E-state index contributed by atoms with van der Waals surface area (Å²) in [4.78, 5) is 20.1. The fourth-order valence-electron chi connectivity index (χ4n) is 2.06. The molecule has 1 heterocycles. The van der Waals surface area contributed by atoms with Gasteiger partial charge >= 0.3 is 0 Å². The van der Waals surface area contributed by atoms with Gasteiger partial charge in [-0.25, -0.2) is 9.97 Å². The second-order valence-corrected chi connectivity index (χ2v) is 5.48. The van der Waals surface area contributed by atoms with Crippen molar-refractivity contribution in [3.63, 3.8) is 0 Å². The zero-order chi connectivity index (χ0) is 16.1. The van der Waals surface area contributed by atoms with Crippen molar-refractivity contribution in [2.75, 3.05) is 5.32 Å². The molecule has 0 aliphatic heterocycles. The van der Waals surface area contributed by atoms with Crippen molar-refractivity contribution in [2.45, 2.75) is 39.7 Å². The molecule has 1 atom stereocenters. The Morgan fingerprint density at radius 3 is 2.55 bits per heavy atom. The number of carbonyl (C=O) groups excluding carboxylic acids is 1. The molecule has 0 fully saturated rings. The van der Waals surface area contributed by atoms with Crippen molar-refractivity contribution >= 4 is 11.7 Å². The fourth-order valence-corrected chi connectivity index (χ4v) is 2.06. The standard InChI is InChI=1S/C17H22N4O/c1-4-11(2)17-20-12(3)9-15(21-17)19-10-13-5-7-14(8-6-13)16(18)22/h5-9,11H,4,10H2,1-3H3,(H2,18,22)(H,19,20,21). The summed E-state index contributed by atoms with van der Waals surface area (Å²) in [7, 11) is 0. The molecule has 0 saturated heterocycles. The van der Waals surface area contributed by atoms with Crippen molar-refractivity contribution in [1.82, 2.24) is 9.97 Å². The van der Waals surface area contributed by atoms with Gasteiger partial charge < -0.3 is 11.1 Å². The third kappa shape index (κ3) is 4.04. The zero-order valence-electron chi connectivity index (χ0n) is 13.3. The Morgan fingerprint density at radius 1 is 1.27 bits per heavy atom. The van der Waals surface area contributed by atoms with Crippen LogP contribution in [0.4, 0.5) is 5.82 Å². The number of amides is 1. The number of primary amides is 1. The third-order valence-corrected chi connectivity index (χ3v) is 3.64. The summed E-state index contributed by atoms with van der Waals surface area (Å²) in [6, 6.07) is 9.17. The minimum Gasteiger partial charge on any atom is -0.366 e. The van der Waals surface area contributed by atoms with Gasteiger partial charge in [0.2, 0.25) is 5.91 Å². The van der Waals surface area contributed by atoms with E-state index in [4.69, 9.17) is 5.73 Å². The third-order valence-electron chi connectivity index (χ3n) is 3.64.